The predicted molar refractivity (Wildman–Crippen MR) is 77.5 cm³/mol. The van der Waals surface area contributed by atoms with Crippen molar-refractivity contribution in [1.82, 2.24) is 0 Å². The summed E-state index contributed by atoms with van der Waals surface area (Å²) in [4.78, 5) is 0. The average Bonchev–Trinajstić information content (AvgIpc) is 2.93. The molecule has 0 aromatic heterocycles. The van der Waals surface area contributed by atoms with E-state index in [1.807, 2.05) is 24.3 Å². The van der Waals surface area contributed by atoms with Crippen molar-refractivity contribution < 1.29 is 14.6 Å². The lowest BCUT2D eigenvalue weighted by atomic mass is 10.1. The van der Waals surface area contributed by atoms with Crippen LogP contribution in [0.2, 0.25) is 5.02 Å². The van der Waals surface area contributed by atoms with Crippen LogP contribution in [-0.4, -0.2) is 18.4 Å². The summed E-state index contributed by atoms with van der Waals surface area (Å²) in [7, 11) is 0. The number of hydrogen-bond acceptors (Lipinski definition) is 4. The lowest BCUT2D eigenvalue weighted by molar-refractivity contribution is 0.173. The molecule has 0 fully saturated rings. The Kier molecular flexibility index (Phi) is 3.67. The SMILES string of the molecule is OC(CNc1ccccc1Cl)c1ccc2c(c1)OCO2. The predicted octanol–water partition coefficient (Wildman–Crippen LogP) is 3.21. The van der Waals surface area contributed by atoms with Gasteiger partial charge in [0, 0.05) is 6.54 Å². The van der Waals surface area contributed by atoms with Crippen molar-refractivity contribution in [2.75, 3.05) is 18.7 Å². The molecular weight excluding hydrogens is 278 g/mol. The van der Waals surface area contributed by atoms with Gasteiger partial charge < -0.3 is 19.9 Å². The van der Waals surface area contributed by atoms with E-state index in [1.54, 1.807) is 18.2 Å². The Morgan fingerprint density at radius 3 is 2.80 bits per heavy atom. The molecule has 0 saturated heterocycles. The fourth-order valence-corrected chi connectivity index (χ4v) is 2.25. The molecule has 104 valence electrons. The van der Waals surface area contributed by atoms with Crippen molar-refractivity contribution in [3.05, 3.63) is 53.1 Å². The van der Waals surface area contributed by atoms with E-state index in [0.29, 0.717) is 23.1 Å². The monoisotopic (exact) mass is 291 g/mol. The first kappa shape index (κ1) is 13.1. The maximum absolute atomic E-state index is 10.2. The fourth-order valence-electron chi connectivity index (χ4n) is 2.05. The number of nitrogens with one attached hydrogen (secondary N) is 1. The Labute approximate surface area is 121 Å². The molecule has 1 unspecified atom stereocenters. The van der Waals surface area contributed by atoms with Crippen molar-refractivity contribution >= 4 is 17.3 Å². The van der Waals surface area contributed by atoms with E-state index >= 15 is 0 Å². The van der Waals surface area contributed by atoms with Gasteiger partial charge in [-0.1, -0.05) is 29.8 Å². The van der Waals surface area contributed by atoms with E-state index in [2.05, 4.69) is 5.32 Å². The van der Waals surface area contributed by atoms with Crippen LogP contribution < -0.4 is 14.8 Å². The molecule has 1 atom stereocenters. The van der Waals surface area contributed by atoms with Crippen LogP contribution in [0.3, 0.4) is 0 Å². The quantitative estimate of drug-likeness (QED) is 0.908. The van der Waals surface area contributed by atoms with E-state index in [1.165, 1.54) is 0 Å². The Bertz CT molecular complexity index is 618. The van der Waals surface area contributed by atoms with Gasteiger partial charge >= 0.3 is 0 Å². The average molecular weight is 292 g/mol. The Balaban J connectivity index is 1.67. The van der Waals surface area contributed by atoms with Gasteiger partial charge in [-0.05, 0) is 29.8 Å². The van der Waals surface area contributed by atoms with E-state index in [9.17, 15) is 5.11 Å². The summed E-state index contributed by atoms with van der Waals surface area (Å²) in [5, 5.41) is 14.0. The topological polar surface area (TPSA) is 50.7 Å². The molecule has 3 rings (SSSR count). The van der Waals surface area contributed by atoms with Crippen LogP contribution >= 0.6 is 11.6 Å². The third kappa shape index (κ3) is 2.66. The first-order valence-corrected chi connectivity index (χ1v) is 6.68. The van der Waals surface area contributed by atoms with Crippen LogP contribution in [0.15, 0.2) is 42.5 Å². The molecule has 2 aromatic carbocycles. The van der Waals surface area contributed by atoms with Gasteiger partial charge in [-0.2, -0.15) is 0 Å². The van der Waals surface area contributed by atoms with Gasteiger partial charge in [-0.25, -0.2) is 0 Å². The summed E-state index contributed by atoms with van der Waals surface area (Å²) < 4.78 is 10.5. The van der Waals surface area contributed by atoms with Crippen molar-refractivity contribution in [1.29, 1.82) is 0 Å². The standard InChI is InChI=1S/C15H14ClNO3/c16-11-3-1-2-4-12(11)17-8-13(18)10-5-6-14-15(7-10)20-9-19-14/h1-7,13,17-18H,8-9H2. The van der Waals surface area contributed by atoms with Gasteiger partial charge in [0.25, 0.3) is 0 Å². The molecule has 0 aliphatic carbocycles. The largest absolute Gasteiger partial charge is 0.454 e. The van der Waals surface area contributed by atoms with E-state index < -0.39 is 6.10 Å². The second-order valence-electron chi connectivity index (χ2n) is 4.49. The van der Waals surface area contributed by atoms with Crippen LogP contribution in [-0.2, 0) is 0 Å². The lowest BCUT2D eigenvalue weighted by Crippen LogP contribution is -2.12. The molecule has 20 heavy (non-hydrogen) atoms. The fraction of sp³-hybridized carbons (Fsp3) is 0.200. The molecule has 0 bridgehead atoms. The third-order valence-electron chi connectivity index (χ3n) is 3.14. The highest BCUT2D eigenvalue weighted by molar-refractivity contribution is 6.33. The molecule has 0 radical (unpaired) electrons. The number of para-hydroxylation sites is 1. The summed E-state index contributed by atoms with van der Waals surface area (Å²) in [6.07, 6.45) is -0.652. The minimum atomic E-state index is -0.652. The van der Waals surface area contributed by atoms with Gasteiger partial charge in [-0.3, -0.25) is 0 Å². The third-order valence-corrected chi connectivity index (χ3v) is 3.47. The van der Waals surface area contributed by atoms with E-state index in [4.69, 9.17) is 21.1 Å². The number of benzene rings is 2. The Hall–Kier alpha value is -1.91. The van der Waals surface area contributed by atoms with Crippen molar-refractivity contribution in [3.63, 3.8) is 0 Å². The van der Waals surface area contributed by atoms with E-state index in [-0.39, 0.29) is 6.79 Å². The minimum absolute atomic E-state index is 0.229. The number of ether oxygens (including phenoxy) is 2. The summed E-state index contributed by atoms with van der Waals surface area (Å²) >= 11 is 6.05. The lowest BCUT2D eigenvalue weighted by Gasteiger charge is -2.14. The Morgan fingerprint density at radius 1 is 1.15 bits per heavy atom. The highest BCUT2D eigenvalue weighted by atomic mass is 35.5. The second kappa shape index (κ2) is 5.61. The Morgan fingerprint density at radius 2 is 1.95 bits per heavy atom. The van der Waals surface area contributed by atoms with Crippen molar-refractivity contribution in [2.24, 2.45) is 0 Å². The van der Waals surface area contributed by atoms with Crippen LogP contribution in [0.5, 0.6) is 11.5 Å². The van der Waals surface area contributed by atoms with Gasteiger partial charge in [0.2, 0.25) is 6.79 Å². The number of aliphatic hydroxyl groups is 1. The zero-order valence-electron chi connectivity index (χ0n) is 10.7. The van der Waals surface area contributed by atoms with Gasteiger partial charge in [0.15, 0.2) is 11.5 Å². The van der Waals surface area contributed by atoms with Crippen molar-refractivity contribution in [3.8, 4) is 11.5 Å². The minimum Gasteiger partial charge on any atom is -0.454 e. The van der Waals surface area contributed by atoms with Crippen molar-refractivity contribution in [2.45, 2.75) is 6.10 Å². The molecule has 1 aliphatic rings. The highest BCUT2D eigenvalue weighted by Crippen LogP contribution is 2.34. The zero-order valence-corrected chi connectivity index (χ0v) is 11.4. The summed E-state index contributed by atoms with van der Waals surface area (Å²) in [6.45, 7) is 0.593. The molecule has 2 aromatic rings. The number of halogens is 1. The zero-order chi connectivity index (χ0) is 13.9. The van der Waals surface area contributed by atoms with Gasteiger partial charge in [0.05, 0.1) is 16.8 Å². The molecule has 1 heterocycles. The molecule has 0 saturated carbocycles. The van der Waals surface area contributed by atoms with Gasteiger partial charge in [0.1, 0.15) is 0 Å². The molecule has 0 spiro atoms. The van der Waals surface area contributed by atoms with Crippen LogP contribution in [0.4, 0.5) is 5.69 Å². The first-order chi connectivity index (χ1) is 9.74. The number of fused-ring (bicyclic) bond motifs is 1. The second-order valence-corrected chi connectivity index (χ2v) is 4.90. The maximum Gasteiger partial charge on any atom is 0.231 e. The first-order valence-electron chi connectivity index (χ1n) is 6.30. The van der Waals surface area contributed by atoms with Crippen LogP contribution in [0.25, 0.3) is 0 Å². The molecule has 4 nitrogen and oxygen atoms in total. The molecule has 1 aliphatic heterocycles. The van der Waals surface area contributed by atoms with E-state index in [0.717, 1.165) is 11.3 Å². The summed E-state index contributed by atoms with van der Waals surface area (Å²) in [6, 6.07) is 12.8. The molecule has 2 N–H and O–H groups in total. The van der Waals surface area contributed by atoms with Crippen LogP contribution in [0, 0.1) is 0 Å². The number of anilines is 1. The summed E-state index contributed by atoms with van der Waals surface area (Å²) in [5.74, 6) is 1.37. The highest BCUT2D eigenvalue weighted by Gasteiger charge is 2.16. The molecular formula is C15H14ClNO3. The molecule has 5 heteroatoms. The smallest absolute Gasteiger partial charge is 0.231 e. The number of aliphatic hydroxyl groups excluding tert-OH is 1. The number of rotatable bonds is 4. The normalized spacial score (nSPS) is 14.1. The summed E-state index contributed by atoms with van der Waals surface area (Å²) in [5.41, 5.74) is 1.57. The molecule has 0 amide bonds. The number of hydrogen-bond donors (Lipinski definition) is 2. The van der Waals surface area contributed by atoms with Crippen LogP contribution in [0.1, 0.15) is 11.7 Å². The van der Waals surface area contributed by atoms with Gasteiger partial charge in [-0.15, -0.1) is 0 Å². The maximum atomic E-state index is 10.2.